The highest BCUT2D eigenvalue weighted by molar-refractivity contribution is 7.98. The molecule has 8 heteroatoms. The molecule has 21 heavy (non-hydrogen) atoms. The van der Waals surface area contributed by atoms with Gasteiger partial charge < -0.3 is 4.57 Å². The molecule has 3 rings (SSSR count). The lowest BCUT2D eigenvalue weighted by molar-refractivity contribution is 0.685. The van der Waals surface area contributed by atoms with Crippen LogP contribution < -0.4 is 0 Å². The van der Waals surface area contributed by atoms with Gasteiger partial charge in [-0.25, -0.2) is 4.98 Å². The second-order valence-corrected chi connectivity index (χ2v) is 5.39. The number of nitrogens with zero attached hydrogens (tertiary/aromatic N) is 7. The fourth-order valence-electron chi connectivity index (χ4n) is 1.98. The normalized spacial score (nSPS) is 11.0. The Kier molecular flexibility index (Phi) is 3.96. The molecule has 0 aliphatic carbocycles. The van der Waals surface area contributed by atoms with E-state index in [9.17, 15) is 0 Å². The van der Waals surface area contributed by atoms with Crippen LogP contribution in [0.4, 0.5) is 0 Å². The van der Waals surface area contributed by atoms with E-state index in [-0.39, 0.29) is 0 Å². The van der Waals surface area contributed by atoms with Crippen LogP contribution >= 0.6 is 11.8 Å². The predicted octanol–water partition coefficient (Wildman–Crippen LogP) is 1.78. The Labute approximate surface area is 126 Å². The highest BCUT2D eigenvalue weighted by atomic mass is 32.2. The first-order valence-electron chi connectivity index (χ1n) is 6.58. The Morgan fingerprint density at radius 2 is 2.10 bits per heavy atom. The highest BCUT2D eigenvalue weighted by Crippen LogP contribution is 2.24. The van der Waals surface area contributed by atoms with E-state index in [4.69, 9.17) is 0 Å². The Balaban J connectivity index is 1.82. The molecule has 0 saturated carbocycles. The summed E-state index contributed by atoms with van der Waals surface area (Å²) in [5.41, 5.74) is 1.90. The minimum absolute atomic E-state index is 0.736. The second-order valence-electron chi connectivity index (χ2n) is 4.45. The maximum absolute atomic E-state index is 4.28. The standard InChI is InChI=1S/C13H15N7S/c1-3-20-12(11-7-14-4-5-15-11)17-18-13(20)21-9-10-6-16-19(2)8-10/h4-8H,3,9H2,1-2H3. The number of thioether (sulfide) groups is 1. The Morgan fingerprint density at radius 3 is 2.76 bits per heavy atom. The summed E-state index contributed by atoms with van der Waals surface area (Å²) in [6.07, 6.45) is 8.87. The van der Waals surface area contributed by atoms with Crippen molar-refractivity contribution in [1.82, 2.24) is 34.5 Å². The van der Waals surface area contributed by atoms with Crippen molar-refractivity contribution in [3.8, 4) is 11.5 Å². The fraction of sp³-hybridized carbons (Fsp3) is 0.308. The number of hydrogen-bond donors (Lipinski definition) is 0. The Hall–Kier alpha value is -2.22. The summed E-state index contributed by atoms with van der Waals surface area (Å²) in [4.78, 5) is 8.36. The van der Waals surface area contributed by atoms with Crippen molar-refractivity contribution >= 4 is 11.8 Å². The molecule has 0 aromatic carbocycles. The summed E-state index contributed by atoms with van der Waals surface area (Å²) in [6.45, 7) is 2.85. The molecule has 0 amide bonds. The molecular formula is C13H15N7S. The smallest absolute Gasteiger partial charge is 0.191 e. The van der Waals surface area contributed by atoms with Gasteiger partial charge in [0.05, 0.1) is 12.4 Å². The average molecular weight is 301 g/mol. The zero-order valence-corrected chi connectivity index (χ0v) is 12.7. The summed E-state index contributed by atoms with van der Waals surface area (Å²) in [5, 5.41) is 13.6. The van der Waals surface area contributed by atoms with Crippen molar-refractivity contribution in [3.63, 3.8) is 0 Å². The van der Waals surface area contributed by atoms with Crippen LogP contribution in [-0.4, -0.2) is 34.5 Å². The van der Waals surface area contributed by atoms with Crippen LogP contribution in [-0.2, 0) is 19.3 Å². The maximum atomic E-state index is 4.28. The third kappa shape index (κ3) is 2.94. The topological polar surface area (TPSA) is 74.3 Å². The quantitative estimate of drug-likeness (QED) is 0.669. The Morgan fingerprint density at radius 1 is 1.19 bits per heavy atom. The van der Waals surface area contributed by atoms with Gasteiger partial charge in [0.1, 0.15) is 5.69 Å². The zero-order valence-electron chi connectivity index (χ0n) is 11.8. The van der Waals surface area contributed by atoms with Crippen molar-refractivity contribution in [2.75, 3.05) is 0 Å². The van der Waals surface area contributed by atoms with E-state index in [1.54, 1.807) is 35.0 Å². The van der Waals surface area contributed by atoms with Gasteiger partial charge in [-0.3, -0.25) is 9.67 Å². The molecule has 0 N–H and O–H groups in total. The molecule has 0 fully saturated rings. The van der Waals surface area contributed by atoms with Gasteiger partial charge in [-0.2, -0.15) is 5.10 Å². The molecule has 0 atom stereocenters. The molecule has 0 aliphatic heterocycles. The summed E-state index contributed by atoms with van der Waals surface area (Å²) < 4.78 is 3.84. The third-order valence-electron chi connectivity index (χ3n) is 2.95. The van der Waals surface area contributed by atoms with E-state index in [0.29, 0.717) is 0 Å². The summed E-state index contributed by atoms with van der Waals surface area (Å²) in [6, 6.07) is 0. The first-order valence-corrected chi connectivity index (χ1v) is 7.56. The van der Waals surface area contributed by atoms with Crippen LogP contribution in [0, 0.1) is 0 Å². The van der Waals surface area contributed by atoms with Gasteiger partial charge in [-0.05, 0) is 6.92 Å². The van der Waals surface area contributed by atoms with E-state index in [0.717, 1.165) is 34.5 Å². The van der Waals surface area contributed by atoms with Crippen LogP contribution in [0.1, 0.15) is 12.5 Å². The minimum atomic E-state index is 0.736. The van der Waals surface area contributed by atoms with E-state index < -0.39 is 0 Å². The van der Waals surface area contributed by atoms with E-state index >= 15 is 0 Å². The van der Waals surface area contributed by atoms with Crippen molar-refractivity contribution in [1.29, 1.82) is 0 Å². The first-order chi connectivity index (χ1) is 10.3. The molecule has 0 saturated heterocycles. The zero-order chi connectivity index (χ0) is 14.7. The van der Waals surface area contributed by atoms with Crippen LogP contribution in [0.3, 0.4) is 0 Å². The monoisotopic (exact) mass is 301 g/mol. The van der Waals surface area contributed by atoms with Crippen LogP contribution in [0.15, 0.2) is 36.1 Å². The predicted molar refractivity (Wildman–Crippen MR) is 79.5 cm³/mol. The van der Waals surface area contributed by atoms with E-state index in [1.165, 1.54) is 0 Å². The van der Waals surface area contributed by atoms with Gasteiger partial charge in [0.15, 0.2) is 11.0 Å². The number of rotatable bonds is 5. The van der Waals surface area contributed by atoms with Gasteiger partial charge in [0, 0.05) is 43.5 Å². The Bertz CT molecular complexity index is 719. The fourth-order valence-corrected chi connectivity index (χ4v) is 2.89. The van der Waals surface area contributed by atoms with Gasteiger partial charge in [-0.1, -0.05) is 11.8 Å². The van der Waals surface area contributed by atoms with Crippen LogP contribution in [0.2, 0.25) is 0 Å². The molecule has 108 valence electrons. The van der Waals surface area contributed by atoms with Gasteiger partial charge in [-0.15, -0.1) is 10.2 Å². The van der Waals surface area contributed by atoms with Gasteiger partial charge in [0.2, 0.25) is 0 Å². The summed E-state index contributed by atoms with van der Waals surface area (Å²) in [7, 11) is 1.91. The second kappa shape index (κ2) is 6.04. The molecule has 7 nitrogen and oxygen atoms in total. The van der Waals surface area contributed by atoms with Crippen molar-refractivity contribution < 1.29 is 0 Å². The largest absolute Gasteiger partial charge is 0.301 e. The van der Waals surface area contributed by atoms with Gasteiger partial charge in [0.25, 0.3) is 0 Å². The SMILES string of the molecule is CCn1c(SCc2cnn(C)c2)nnc1-c1cnccn1. The lowest BCUT2D eigenvalue weighted by Crippen LogP contribution is -2.01. The summed E-state index contributed by atoms with van der Waals surface area (Å²) >= 11 is 1.64. The minimum Gasteiger partial charge on any atom is -0.301 e. The maximum Gasteiger partial charge on any atom is 0.191 e. The highest BCUT2D eigenvalue weighted by Gasteiger charge is 2.14. The molecule has 0 unspecified atom stereocenters. The van der Waals surface area contributed by atoms with Crippen LogP contribution in [0.25, 0.3) is 11.5 Å². The van der Waals surface area contributed by atoms with Crippen molar-refractivity contribution in [3.05, 3.63) is 36.5 Å². The van der Waals surface area contributed by atoms with Crippen LogP contribution in [0.5, 0.6) is 0 Å². The summed E-state index contributed by atoms with van der Waals surface area (Å²) in [5.74, 6) is 1.56. The average Bonchev–Trinajstić information content (AvgIpc) is 3.11. The first kappa shape index (κ1) is 13.7. The lowest BCUT2D eigenvalue weighted by atomic mass is 10.4. The molecule has 3 aromatic heterocycles. The van der Waals surface area contributed by atoms with Gasteiger partial charge >= 0.3 is 0 Å². The van der Waals surface area contributed by atoms with E-state index in [2.05, 4.69) is 32.2 Å². The molecule has 0 bridgehead atoms. The molecular weight excluding hydrogens is 286 g/mol. The molecule has 0 spiro atoms. The number of hydrogen-bond acceptors (Lipinski definition) is 6. The van der Waals surface area contributed by atoms with Crippen molar-refractivity contribution in [2.45, 2.75) is 24.4 Å². The van der Waals surface area contributed by atoms with E-state index in [1.807, 2.05) is 24.0 Å². The molecule has 0 aliphatic rings. The molecule has 0 radical (unpaired) electrons. The third-order valence-corrected chi connectivity index (χ3v) is 3.99. The molecule has 3 aromatic rings. The number of aromatic nitrogens is 7. The lowest BCUT2D eigenvalue weighted by Gasteiger charge is -2.05. The van der Waals surface area contributed by atoms with Crippen molar-refractivity contribution in [2.24, 2.45) is 7.05 Å². The molecule has 3 heterocycles. The number of aryl methyl sites for hydroxylation is 1.